The van der Waals surface area contributed by atoms with Crippen LogP contribution in [0.1, 0.15) is 27.7 Å². The average Bonchev–Trinajstić information content (AvgIpc) is 2.75. The van der Waals surface area contributed by atoms with Crippen molar-refractivity contribution in [1.29, 1.82) is 0 Å². The van der Waals surface area contributed by atoms with Gasteiger partial charge < -0.3 is 53.6 Å². The fourth-order valence-electron chi connectivity index (χ4n) is 3.72. The van der Waals surface area contributed by atoms with E-state index in [-0.39, 0.29) is 0 Å². The summed E-state index contributed by atoms with van der Waals surface area (Å²) in [5.74, 6) is -3.45. The van der Waals surface area contributed by atoms with Crippen molar-refractivity contribution in [3.63, 3.8) is 0 Å². The lowest BCUT2D eigenvalue weighted by Gasteiger charge is -2.47. The van der Waals surface area contributed by atoms with E-state index in [1.54, 1.807) is 0 Å². The second-order valence-electron chi connectivity index (χ2n) is 7.86. The first-order valence-electron chi connectivity index (χ1n) is 10.6. The van der Waals surface area contributed by atoms with Gasteiger partial charge in [0.25, 0.3) is 0 Å². The highest BCUT2D eigenvalue weighted by Gasteiger charge is 2.55. The summed E-state index contributed by atoms with van der Waals surface area (Å²) < 4.78 is 37.2. The highest BCUT2D eigenvalue weighted by atomic mass is 16.8. The van der Waals surface area contributed by atoms with Crippen LogP contribution in [0.4, 0.5) is 0 Å². The van der Waals surface area contributed by atoms with Crippen LogP contribution in [0.3, 0.4) is 0 Å². The Morgan fingerprint density at radius 2 is 0.886 bits per heavy atom. The lowest BCUT2D eigenvalue weighted by Crippen LogP contribution is -2.65. The molecule has 0 unspecified atom stereocenters. The molecule has 35 heavy (non-hydrogen) atoms. The molecule has 0 aromatic heterocycles. The SMILES string of the molecule is CC(=O)O[C@@H]1[C@H](O[C@H]2O[C@H](CO)[C@@H](O)[C@H](OC(C)=O)[C@H]2OC(C)=O)O[C@@H](CO)[C@H](O)[C@H]1OC(C)=O. The number of rotatable bonds is 8. The van der Waals surface area contributed by atoms with Gasteiger partial charge in [-0.1, -0.05) is 0 Å². The number of hydrogen-bond acceptors (Lipinski definition) is 15. The third kappa shape index (κ3) is 7.30. The molecule has 2 rings (SSSR count). The third-order valence-corrected chi connectivity index (χ3v) is 5.07. The maximum Gasteiger partial charge on any atom is 0.303 e. The van der Waals surface area contributed by atoms with E-state index in [0.29, 0.717) is 0 Å². The van der Waals surface area contributed by atoms with Gasteiger partial charge >= 0.3 is 23.9 Å². The van der Waals surface area contributed by atoms with Gasteiger partial charge in [-0.05, 0) is 0 Å². The third-order valence-electron chi connectivity index (χ3n) is 5.07. The molecule has 10 atom stereocenters. The Balaban J connectivity index is 2.44. The van der Waals surface area contributed by atoms with Gasteiger partial charge in [0.1, 0.15) is 24.4 Å². The van der Waals surface area contributed by atoms with E-state index in [0.717, 1.165) is 27.7 Å². The van der Waals surface area contributed by atoms with E-state index in [1.165, 1.54) is 0 Å². The van der Waals surface area contributed by atoms with Gasteiger partial charge in [-0.15, -0.1) is 0 Å². The lowest BCUT2D eigenvalue weighted by molar-refractivity contribution is -0.377. The first-order chi connectivity index (χ1) is 16.4. The highest BCUT2D eigenvalue weighted by molar-refractivity contribution is 5.68. The van der Waals surface area contributed by atoms with E-state index in [2.05, 4.69) is 0 Å². The second kappa shape index (κ2) is 12.5. The van der Waals surface area contributed by atoms with Gasteiger partial charge in [-0.3, -0.25) is 19.2 Å². The van der Waals surface area contributed by atoms with Gasteiger partial charge in [0.05, 0.1) is 13.2 Å². The monoisotopic (exact) mass is 510 g/mol. The van der Waals surface area contributed by atoms with Crippen molar-refractivity contribution in [2.24, 2.45) is 0 Å². The zero-order valence-electron chi connectivity index (χ0n) is 19.5. The molecule has 2 aliphatic heterocycles. The average molecular weight is 510 g/mol. The number of aliphatic hydroxyl groups is 4. The van der Waals surface area contributed by atoms with E-state index in [1.807, 2.05) is 0 Å². The molecular formula is C20H30O15. The molecule has 15 nitrogen and oxygen atoms in total. The Hall–Kier alpha value is -2.40. The number of carbonyl (C=O) groups is 4. The zero-order chi connectivity index (χ0) is 26.4. The van der Waals surface area contributed by atoms with Crippen LogP contribution in [0.5, 0.6) is 0 Å². The number of esters is 4. The number of aliphatic hydroxyl groups excluding tert-OH is 4. The second-order valence-corrected chi connectivity index (χ2v) is 7.86. The standard InChI is InChI=1S/C20H30O15/c1-7(23)29-15-13(27)11(5-21)33-19(17(15)31-9(3)25)35-20-18(32-10(4)26)16(30-8(2)24)14(28)12(6-22)34-20/h11-22,27-28H,5-6H2,1-4H3/t11-,12+,13-,14+,15+,16-,17-,18+,19-,20+. The van der Waals surface area contributed by atoms with E-state index in [4.69, 9.17) is 33.2 Å². The van der Waals surface area contributed by atoms with Gasteiger partial charge in [0.2, 0.25) is 12.6 Å². The maximum atomic E-state index is 11.7. The van der Waals surface area contributed by atoms with Gasteiger partial charge in [-0.2, -0.15) is 0 Å². The van der Waals surface area contributed by atoms with Crippen molar-refractivity contribution in [2.75, 3.05) is 13.2 Å². The van der Waals surface area contributed by atoms with E-state index >= 15 is 0 Å². The molecule has 15 heteroatoms. The molecule has 200 valence electrons. The zero-order valence-corrected chi connectivity index (χ0v) is 19.5. The van der Waals surface area contributed by atoms with Crippen LogP contribution in [0.2, 0.25) is 0 Å². The Morgan fingerprint density at radius 3 is 1.14 bits per heavy atom. The summed E-state index contributed by atoms with van der Waals surface area (Å²) in [6.07, 6.45) is -15.7. The van der Waals surface area contributed by atoms with Crippen molar-refractivity contribution >= 4 is 23.9 Å². The summed E-state index contributed by atoms with van der Waals surface area (Å²) in [5.41, 5.74) is 0. The number of hydrogen-bond donors (Lipinski definition) is 4. The Morgan fingerprint density at radius 1 is 0.600 bits per heavy atom. The molecule has 0 spiro atoms. The molecule has 2 heterocycles. The first-order valence-corrected chi connectivity index (χ1v) is 10.6. The molecule has 0 bridgehead atoms. The Labute approximate surface area is 199 Å². The Bertz CT molecular complexity index is 710. The van der Waals surface area contributed by atoms with Crippen molar-refractivity contribution in [2.45, 2.75) is 89.1 Å². The van der Waals surface area contributed by atoms with Crippen LogP contribution in [0.15, 0.2) is 0 Å². The molecule has 0 aromatic carbocycles. The fourth-order valence-corrected chi connectivity index (χ4v) is 3.72. The van der Waals surface area contributed by atoms with E-state index in [9.17, 15) is 39.6 Å². The van der Waals surface area contributed by atoms with Crippen LogP contribution in [0, 0.1) is 0 Å². The predicted molar refractivity (Wildman–Crippen MR) is 107 cm³/mol. The number of ether oxygens (including phenoxy) is 7. The van der Waals surface area contributed by atoms with Crippen molar-refractivity contribution in [3.8, 4) is 0 Å². The normalized spacial score (nSPS) is 37.1. The molecule has 0 amide bonds. The van der Waals surface area contributed by atoms with Crippen molar-refractivity contribution in [1.82, 2.24) is 0 Å². The molecule has 2 aliphatic rings. The molecular weight excluding hydrogens is 480 g/mol. The lowest BCUT2D eigenvalue weighted by atomic mass is 9.97. The summed E-state index contributed by atoms with van der Waals surface area (Å²) in [6.45, 7) is 2.60. The van der Waals surface area contributed by atoms with Crippen LogP contribution in [-0.4, -0.2) is 119 Å². The maximum absolute atomic E-state index is 11.7. The molecule has 0 aromatic rings. The minimum atomic E-state index is -1.69. The fraction of sp³-hybridized carbons (Fsp3) is 0.800. The quantitative estimate of drug-likeness (QED) is 0.188. The topological polar surface area (TPSA) is 214 Å². The summed E-state index contributed by atoms with van der Waals surface area (Å²) in [7, 11) is 0. The smallest absolute Gasteiger partial charge is 0.303 e. The summed E-state index contributed by atoms with van der Waals surface area (Å²) in [5, 5.41) is 40.2. The van der Waals surface area contributed by atoms with Gasteiger partial charge in [0, 0.05) is 27.7 Å². The van der Waals surface area contributed by atoms with Crippen LogP contribution >= 0.6 is 0 Å². The van der Waals surface area contributed by atoms with E-state index < -0.39 is 98.5 Å². The summed E-state index contributed by atoms with van der Waals surface area (Å²) >= 11 is 0. The first kappa shape index (κ1) is 28.8. The molecule has 2 saturated heterocycles. The molecule has 2 fully saturated rings. The summed E-state index contributed by atoms with van der Waals surface area (Å²) in [6, 6.07) is 0. The van der Waals surface area contributed by atoms with Gasteiger partial charge in [0.15, 0.2) is 24.4 Å². The van der Waals surface area contributed by atoms with Crippen molar-refractivity contribution in [3.05, 3.63) is 0 Å². The highest BCUT2D eigenvalue weighted by Crippen LogP contribution is 2.32. The molecule has 4 N–H and O–H groups in total. The van der Waals surface area contributed by atoms with Gasteiger partial charge in [-0.25, -0.2) is 0 Å². The van der Waals surface area contributed by atoms with Crippen LogP contribution < -0.4 is 0 Å². The Kier molecular flexibility index (Phi) is 10.3. The van der Waals surface area contributed by atoms with Crippen LogP contribution in [0.25, 0.3) is 0 Å². The predicted octanol–water partition coefficient (Wildman–Crippen LogP) is -3.11. The largest absolute Gasteiger partial charge is 0.455 e. The molecule has 0 aliphatic carbocycles. The van der Waals surface area contributed by atoms with Crippen molar-refractivity contribution < 1.29 is 72.8 Å². The molecule has 0 radical (unpaired) electrons. The molecule has 0 saturated carbocycles. The van der Waals surface area contributed by atoms with Crippen LogP contribution in [-0.2, 0) is 52.3 Å². The summed E-state index contributed by atoms with van der Waals surface area (Å²) in [4.78, 5) is 46.7. The minimum absolute atomic E-state index is 0.765. The number of carbonyl (C=O) groups excluding carboxylic acids is 4. The minimum Gasteiger partial charge on any atom is -0.455 e.